The molecule has 5 heterocycles. The van der Waals surface area contributed by atoms with Gasteiger partial charge in [0.05, 0.1) is 35.7 Å². The van der Waals surface area contributed by atoms with Gasteiger partial charge < -0.3 is 14.6 Å². The van der Waals surface area contributed by atoms with Gasteiger partial charge in [0, 0.05) is 51.5 Å². The van der Waals surface area contributed by atoms with Gasteiger partial charge in [-0.2, -0.15) is 13.2 Å². The zero-order valence-corrected chi connectivity index (χ0v) is 21.4. The first-order valence-corrected chi connectivity index (χ1v) is 12.9. The van der Waals surface area contributed by atoms with Crippen molar-refractivity contribution in [1.82, 2.24) is 29.5 Å². The fourth-order valence-electron chi connectivity index (χ4n) is 5.47. The maximum atomic E-state index is 13.7. The number of hydrogen-bond donors (Lipinski definition) is 1. The molecule has 2 fully saturated rings. The Kier molecular flexibility index (Phi) is 6.35. The quantitative estimate of drug-likeness (QED) is 0.404. The molecule has 0 bridgehead atoms. The molecular formula is C27H30F3N7O. The van der Waals surface area contributed by atoms with Crippen LogP contribution in [0.15, 0.2) is 36.7 Å². The number of halogens is 3. The molecule has 0 aliphatic carbocycles. The van der Waals surface area contributed by atoms with Crippen LogP contribution in [0.3, 0.4) is 0 Å². The maximum Gasteiger partial charge on any atom is 0.416 e. The second-order valence-corrected chi connectivity index (χ2v) is 10.3. The summed E-state index contributed by atoms with van der Waals surface area (Å²) in [6.45, 7) is 8.91. The molecule has 0 atom stereocenters. The average Bonchev–Trinajstić information content (AvgIpc) is 3.52. The topological polar surface area (TPSA) is 74.6 Å². The van der Waals surface area contributed by atoms with Crippen LogP contribution in [0, 0.1) is 12.8 Å². The highest BCUT2D eigenvalue weighted by atomic mass is 19.4. The predicted octanol–water partition coefficient (Wildman–Crippen LogP) is 4.33. The van der Waals surface area contributed by atoms with E-state index >= 15 is 0 Å². The lowest BCUT2D eigenvalue weighted by molar-refractivity contribution is -0.138. The van der Waals surface area contributed by atoms with Gasteiger partial charge >= 0.3 is 6.18 Å². The monoisotopic (exact) mass is 525 g/mol. The summed E-state index contributed by atoms with van der Waals surface area (Å²) in [5, 5.41) is 5.00. The number of H-pyrrole nitrogens is 1. The number of aromatic amines is 1. The van der Waals surface area contributed by atoms with Crippen LogP contribution in [0.4, 0.5) is 19.0 Å². The van der Waals surface area contributed by atoms with E-state index in [-0.39, 0.29) is 12.0 Å². The maximum absolute atomic E-state index is 13.7. The third kappa shape index (κ3) is 4.64. The minimum absolute atomic E-state index is 0.231. The molecule has 11 heteroatoms. The van der Waals surface area contributed by atoms with Crippen LogP contribution in [0.5, 0.6) is 0 Å². The molecule has 0 amide bonds. The van der Waals surface area contributed by atoms with E-state index in [1.807, 2.05) is 10.6 Å². The van der Waals surface area contributed by atoms with E-state index in [4.69, 9.17) is 14.8 Å². The number of hydrogen-bond acceptors (Lipinski definition) is 6. The molecule has 0 spiro atoms. The van der Waals surface area contributed by atoms with Gasteiger partial charge in [-0.1, -0.05) is 19.1 Å². The number of benzene rings is 1. The molecule has 0 saturated carbocycles. The van der Waals surface area contributed by atoms with Crippen molar-refractivity contribution >= 4 is 11.5 Å². The molecule has 0 radical (unpaired) electrons. The summed E-state index contributed by atoms with van der Waals surface area (Å²) >= 11 is 0. The molecule has 2 saturated heterocycles. The number of likely N-dealkylation sites (tertiary alicyclic amines) is 1. The highest BCUT2D eigenvalue weighted by Gasteiger charge is 2.33. The molecule has 2 aliphatic heterocycles. The van der Waals surface area contributed by atoms with Crippen molar-refractivity contribution in [2.75, 3.05) is 44.3 Å². The summed E-state index contributed by atoms with van der Waals surface area (Å²) in [5.41, 5.74) is 3.29. The number of nitrogens with zero attached hydrogens (tertiary/aromatic N) is 6. The largest absolute Gasteiger partial charge is 0.416 e. The van der Waals surface area contributed by atoms with Gasteiger partial charge in [0.2, 0.25) is 0 Å². The van der Waals surface area contributed by atoms with Gasteiger partial charge in [0.25, 0.3) is 0 Å². The SMILES string of the molecule is Cc1c(Cc2c(CN3CC(C)C3)nc3c(-c4ncc[nH]4)cc(N4CCOCC4)nn23)cccc1C(F)(F)F. The van der Waals surface area contributed by atoms with E-state index in [0.717, 1.165) is 41.9 Å². The molecule has 38 heavy (non-hydrogen) atoms. The third-order valence-corrected chi connectivity index (χ3v) is 7.46. The van der Waals surface area contributed by atoms with Gasteiger partial charge in [0.15, 0.2) is 11.5 Å². The van der Waals surface area contributed by atoms with Crippen LogP contribution < -0.4 is 4.90 Å². The van der Waals surface area contributed by atoms with Crippen LogP contribution >= 0.6 is 0 Å². The van der Waals surface area contributed by atoms with Crippen LogP contribution in [-0.4, -0.2) is 68.9 Å². The lowest BCUT2D eigenvalue weighted by atomic mass is 9.97. The lowest BCUT2D eigenvalue weighted by Crippen LogP contribution is -2.44. The molecule has 200 valence electrons. The van der Waals surface area contributed by atoms with Crippen molar-refractivity contribution in [2.24, 2.45) is 5.92 Å². The van der Waals surface area contributed by atoms with Gasteiger partial charge in [-0.05, 0) is 36.1 Å². The summed E-state index contributed by atoms with van der Waals surface area (Å²) in [6, 6.07) is 6.37. The van der Waals surface area contributed by atoms with E-state index < -0.39 is 11.7 Å². The van der Waals surface area contributed by atoms with Crippen LogP contribution in [0.25, 0.3) is 17.0 Å². The van der Waals surface area contributed by atoms with Crippen molar-refractivity contribution in [3.05, 3.63) is 64.7 Å². The minimum Gasteiger partial charge on any atom is -0.378 e. The van der Waals surface area contributed by atoms with Gasteiger partial charge in [-0.25, -0.2) is 14.5 Å². The molecule has 1 aromatic carbocycles. The molecule has 6 rings (SSSR count). The Morgan fingerprint density at radius 3 is 2.63 bits per heavy atom. The average molecular weight is 526 g/mol. The highest BCUT2D eigenvalue weighted by Crippen LogP contribution is 2.35. The first-order valence-electron chi connectivity index (χ1n) is 12.9. The second kappa shape index (κ2) is 9.70. The van der Waals surface area contributed by atoms with E-state index in [1.165, 1.54) is 6.07 Å². The number of fused-ring (bicyclic) bond motifs is 1. The molecule has 1 N–H and O–H groups in total. The first-order chi connectivity index (χ1) is 18.3. The van der Waals surface area contributed by atoms with Crippen molar-refractivity contribution in [3.63, 3.8) is 0 Å². The standard InChI is InChI=1S/C27H30F3N7O/c1-17-14-35(15-17)16-22-23(12-19-4-3-5-21(18(19)2)27(28,29)30)37-26(33-22)20(25-31-6-7-32-25)13-24(34-37)36-8-10-38-11-9-36/h3-7,13,17H,8-12,14-16H2,1-2H3,(H,31,32). The molecule has 8 nitrogen and oxygen atoms in total. The number of ether oxygens (including phenoxy) is 1. The third-order valence-electron chi connectivity index (χ3n) is 7.46. The normalized spacial score (nSPS) is 17.3. The number of imidazole rings is 2. The van der Waals surface area contributed by atoms with Crippen molar-refractivity contribution in [3.8, 4) is 11.4 Å². The van der Waals surface area contributed by atoms with E-state index in [1.54, 1.807) is 25.4 Å². The summed E-state index contributed by atoms with van der Waals surface area (Å²) < 4.78 is 48.5. The van der Waals surface area contributed by atoms with Crippen molar-refractivity contribution in [2.45, 2.75) is 33.0 Å². The van der Waals surface area contributed by atoms with Gasteiger partial charge in [-0.15, -0.1) is 5.10 Å². The van der Waals surface area contributed by atoms with E-state index in [2.05, 4.69) is 26.7 Å². The Hall–Kier alpha value is -3.44. The molecule has 4 aromatic rings. The molecule has 3 aromatic heterocycles. The van der Waals surface area contributed by atoms with Crippen LogP contribution in [0.2, 0.25) is 0 Å². The molecule has 2 aliphatic rings. The Morgan fingerprint density at radius 1 is 1.16 bits per heavy atom. The highest BCUT2D eigenvalue weighted by molar-refractivity contribution is 5.76. The van der Waals surface area contributed by atoms with Crippen LogP contribution in [0.1, 0.15) is 35.0 Å². The first kappa shape index (κ1) is 24.9. The van der Waals surface area contributed by atoms with Crippen LogP contribution in [-0.2, 0) is 23.9 Å². The smallest absolute Gasteiger partial charge is 0.378 e. The number of anilines is 1. The van der Waals surface area contributed by atoms with Crippen molar-refractivity contribution < 1.29 is 17.9 Å². The second-order valence-electron chi connectivity index (χ2n) is 10.3. The Morgan fingerprint density at radius 2 is 1.95 bits per heavy atom. The predicted molar refractivity (Wildman–Crippen MR) is 137 cm³/mol. The number of alkyl halides is 3. The zero-order chi connectivity index (χ0) is 26.4. The summed E-state index contributed by atoms with van der Waals surface area (Å²) in [5.74, 6) is 2.05. The summed E-state index contributed by atoms with van der Waals surface area (Å²) in [4.78, 5) is 17.2. The van der Waals surface area contributed by atoms with Crippen molar-refractivity contribution in [1.29, 1.82) is 0 Å². The van der Waals surface area contributed by atoms with E-state index in [0.29, 0.717) is 55.8 Å². The Labute approximate surface area is 218 Å². The lowest BCUT2D eigenvalue weighted by Gasteiger charge is -2.36. The molecule has 0 unspecified atom stereocenters. The molecular weight excluding hydrogens is 495 g/mol. The number of nitrogens with one attached hydrogen (secondary N) is 1. The van der Waals surface area contributed by atoms with Gasteiger partial charge in [0.1, 0.15) is 5.82 Å². The Bertz CT molecular complexity index is 1440. The number of aromatic nitrogens is 5. The fraction of sp³-hybridized carbons (Fsp3) is 0.444. The van der Waals surface area contributed by atoms with E-state index in [9.17, 15) is 13.2 Å². The zero-order valence-electron chi connectivity index (χ0n) is 21.4. The number of rotatable bonds is 6. The number of morpholine rings is 1. The fourth-order valence-corrected chi connectivity index (χ4v) is 5.47. The minimum atomic E-state index is -4.41. The summed E-state index contributed by atoms with van der Waals surface area (Å²) in [7, 11) is 0. The summed E-state index contributed by atoms with van der Waals surface area (Å²) in [6.07, 6.45) is -0.672. The van der Waals surface area contributed by atoms with Gasteiger partial charge in [-0.3, -0.25) is 4.90 Å². The Balaban J connectivity index is 1.52.